The average molecular weight is 394 g/mol. The molecule has 0 aliphatic heterocycles. The number of nitrogens with zero attached hydrogens (tertiary/aromatic N) is 2. The zero-order valence-corrected chi connectivity index (χ0v) is 16.4. The molecule has 0 saturated heterocycles. The molecule has 4 nitrogen and oxygen atoms in total. The van der Waals surface area contributed by atoms with E-state index in [0.717, 1.165) is 21.7 Å². The molecule has 0 spiro atoms. The number of nitrogens with one attached hydrogen (secondary N) is 1. The van der Waals surface area contributed by atoms with Gasteiger partial charge in [-0.05, 0) is 49.2 Å². The molecule has 1 amide bonds. The highest BCUT2D eigenvalue weighted by molar-refractivity contribution is 7.13. The standard InChI is InChI=1S/C21H16ClN3OS/c1-13-4-3-5-19(14(13)2)25-20(26)16(11-23)10-18-12-27-21(24-18)15-6-8-17(22)9-7-15/h3-10,12H,1-2H3,(H,25,26)/b16-10+. The molecule has 1 heterocycles. The van der Waals surface area contributed by atoms with Crippen LogP contribution in [-0.4, -0.2) is 10.9 Å². The van der Waals surface area contributed by atoms with Crippen LogP contribution in [-0.2, 0) is 4.79 Å². The van der Waals surface area contributed by atoms with Gasteiger partial charge < -0.3 is 5.32 Å². The summed E-state index contributed by atoms with van der Waals surface area (Å²) in [6.07, 6.45) is 1.50. The highest BCUT2D eigenvalue weighted by atomic mass is 35.5. The van der Waals surface area contributed by atoms with Gasteiger partial charge in [0, 0.05) is 21.7 Å². The minimum Gasteiger partial charge on any atom is -0.321 e. The van der Waals surface area contributed by atoms with Crippen molar-refractivity contribution in [3.63, 3.8) is 0 Å². The molecule has 0 fully saturated rings. The van der Waals surface area contributed by atoms with Gasteiger partial charge in [0.05, 0.1) is 5.69 Å². The summed E-state index contributed by atoms with van der Waals surface area (Å²) in [5, 5.41) is 15.5. The summed E-state index contributed by atoms with van der Waals surface area (Å²) in [5.74, 6) is -0.452. The summed E-state index contributed by atoms with van der Waals surface area (Å²) in [6, 6.07) is 15.0. The van der Waals surface area contributed by atoms with Gasteiger partial charge >= 0.3 is 0 Å². The van der Waals surface area contributed by atoms with Gasteiger partial charge in [-0.15, -0.1) is 11.3 Å². The molecular formula is C21H16ClN3OS. The molecule has 0 saturated carbocycles. The van der Waals surface area contributed by atoms with E-state index in [4.69, 9.17) is 11.6 Å². The number of amides is 1. The van der Waals surface area contributed by atoms with Crippen LogP contribution < -0.4 is 5.32 Å². The fourth-order valence-corrected chi connectivity index (χ4v) is 3.36. The summed E-state index contributed by atoms with van der Waals surface area (Å²) in [6.45, 7) is 3.90. The molecule has 134 valence electrons. The molecule has 3 aromatic rings. The van der Waals surface area contributed by atoms with Crippen molar-refractivity contribution in [2.24, 2.45) is 0 Å². The lowest BCUT2D eigenvalue weighted by atomic mass is 10.1. The van der Waals surface area contributed by atoms with Gasteiger partial charge in [-0.3, -0.25) is 4.79 Å². The first kappa shape index (κ1) is 18.8. The normalized spacial score (nSPS) is 11.1. The Balaban J connectivity index is 1.82. The number of carbonyl (C=O) groups excluding carboxylic acids is 1. The number of aryl methyl sites for hydroxylation is 1. The van der Waals surface area contributed by atoms with Gasteiger partial charge in [0.25, 0.3) is 5.91 Å². The molecule has 0 atom stereocenters. The van der Waals surface area contributed by atoms with E-state index in [1.807, 2.05) is 55.6 Å². The van der Waals surface area contributed by atoms with E-state index in [0.29, 0.717) is 16.4 Å². The molecule has 2 aromatic carbocycles. The molecule has 0 bridgehead atoms. The van der Waals surface area contributed by atoms with Gasteiger partial charge in [0.15, 0.2) is 0 Å². The fourth-order valence-electron chi connectivity index (χ4n) is 2.45. The van der Waals surface area contributed by atoms with Crippen LogP contribution in [0.25, 0.3) is 16.6 Å². The molecule has 0 aliphatic rings. The van der Waals surface area contributed by atoms with Crippen LogP contribution >= 0.6 is 22.9 Å². The van der Waals surface area contributed by atoms with E-state index in [1.54, 1.807) is 12.1 Å². The Bertz CT molecular complexity index is 1060. The number of hydrogen-bond donors (Lipinski definition) is 1. The number of anilines is 1. The predicted octanol–water partition coefficient (Wildman–Crippen LogP) is 5.63. The topological polar surface area (TPSA) is 65.8 Å². The Morgan fingerprint density at radius 2 is 1.96 bits per heavy atom. The number of halogens is 1. The Morgan fingerprint density at radius 3 is 2.67 bits per heavy atom. The molecule has 0 aliphatic carbocycles. The van der Waals surface area contributed by atoms with E-state index < -0.39 is 5.91 Å². The highest BCUT2D eigenvalue weighted by Gasteiger charge is 2.13. The lowest BCUT2D eigenvalue weighted by Crippen LogP contribution is -2.14. The first-order valence-corrected chi connectivity index (χ1v) is 9.44. The van der Waals surface area contributed by atoms with Crippen LogP contribution in [0.15, 0.2) is 53.4 Å². The van der Waals surface area contributed by atoms with Crippen LogP contribution in [0.2, 0.25) is 5.02 Å². The second-order valence-electron chi connectivity index (χ2n) is 5.96. The SMILES string of the molecule is Cc1cccc(NC(=O)/C(C#N)=C/c2csc(-c3ccc(Cl)cc3)n2)c1C. The Kier molecular flexibility index (Phi) is 5.70. The largest absolute Gasteiger partial charge is 0.321 e. The van der Waals surface area contributed by atoms with Crippen molar-refractivity contribution in [2.75, 3.05) is 5.32 Å². The number of aromatic nitrogens is 1. The highest BCUT2D eigenvalue weighted by Crippen LogP contribution is 2.26. The first-order valence-electron chi connectivity index (χ1n) is 8.19. The summed E-state index contributed by atoms with van der Waals surface area (Å²) >= 11 is 7.35. The number of hydrogen-bond acceptors (Lipinski definition) is 4. The van der Waals surface area contributed by atoms with Crippen molar-refractivity contribution in [3.05, 3.63) is 75.3 Å². The minimum absolute atomic E-state index is 0.00358. The molecule has 3 rings (SSSR count). The predicted molar refractivity (Wildman–Crippen MR) is 111 cm³/mol. The van der Waals surface area contributed by atoms with E-state index in [-0.39, 0.29) is 5.57 Å². The van der Waals surface area contributed by atoms with Crippen LogP contribution in [0.3, 0.4) is 0 Å². The number of thiazole rings is 1. The number of benzene rings is 2. The van der Waals surface area contributed by atoms with E-state index >= 15 is 0 Å². The second-order valence-corrected chi connectivity index (χ2v) is 7.25. The minimum atomic E-state index is -0.452. The van der Waals surface area contributed by atoms with Crippen molar-refractivity contribution < 1.29 is 4.79 Å². The molecule has 6 heteroatoms. The van der Waals surface area contributed by atoms with Gasteiger partial charge in [-0.2, -0.15) is 5.26 Å². The molecular weight excluding hydrogens is 378 g/mol. The van der Waals surface area contributed by atoms with Gasteiger partial charge in [-0.1, -0.05) is 35.9 Å². The van der Waals surface area contributed by atoms with Crippen molar-refractivity contribution in [1.82, 2.24) is 4.98 Å². The van der Waals surface area contributed by atoms with E-state index in [1.165, 1.54) is 17.4 Å². The van der Waals surface area contributed by atoms with Crippen LogP contribution in [0.5, 0.6) is 0 Å². The maximum atomic E-state index is 12.5. The van der Waals surface area contributed by atoms with Gasteiger partial charge in [-0.25, -0.2) is 4.98 Å². The zero-order valence-electron chi connectivity index (χ0n) is 14.8. The number of nitriles is 1. The van der Waals surface area contributed by atoms with Crippen molar-refractivity contribution >= 4 is 40.6 Å². The van der Waals surface area contributed by atoms with E-state index in [9.17, 15) is 10.1 Å². The number of carbonyl (C=O) groups is 1. The smallest absolute Gasteiger partial charge is 0.266 e. The van der Waals surface area contributed by atoms with Crippen molar-refractivity contribution in [1.29, 1.82) is 5.26 Å². The fraction of sp³-hybridized carbons (Fsp3) is 0.0952. The van der Waals surface area contributed by atoms with Gasteiger partial charge in [0.2, 0.25) is 0 Å². The first-order chi connectivity index (χ1) is 13.0. The molecule has 1 aromatic heterocycles. The third-order valence-corrected chi connectivity index (χ3v) is 5.28. The van der Waals surface area contributed by atoms with Crippen LogP contribution in [0.4, 0.5) is 5.69 Å². The molecule has 0 unspecified atom stereocenters. The summed E-state index contributed by atoms with van der Waals surface area (Å²) in [7, 11) is 0. The maximum absolute atomic E-state index is 12.5. The van der Waals surface area contributed by atoms with Crippen molar-refractivity contribution in [3.8, 4) is 16.6 Å². The third-order valence-electron chi connectivity index (χ3n) is 4.12. The van der Waals surface area contributed by atoms with Crippen molar-refractivity contribution in [2.45, 2.75) is 13.8 Å². The summed E-state index contributed by atoms with van der Waals surface area (Å²) in [5.41, 5.74) is 4.24. The molecule has 1 N–H and O–H groups in total. The second kappa shape index (κ2) is 8.17. The average Bonchev–Trinajstić information content (AvgIpc) is 3.12. The van der Waals surface area contributed by atoms with E-state index in [2.05, 4.69) is 10.3 Å². The zero-order chi connectivity index (χ0) is 19.4. The monoisotopic (exact) mass is 393 g/mol. The molecule has 0 radical (unpaired) electrons. The number of rotatable bonds is 4. The Morgan fingerprint density at radius 1 is 1.22 bits per heavy atom. The summed E-state index contributed by atoms with van der Waals surface area (Å²) < 4.78 is 0. The third kappa shape index (κ3) is 4.43. The van der Waals surface area contributed by atoms with Crippen LogP contribution in [0.1, 0.15) is 16.8 Å². The Labute approximate surface area is 166 Å². The maximum Gasteiger partial charge on any atom is 0.266 e. The van der Waals surface area contributed by atoms with Gasteiger partial charge in [0.1, 0.15) is 16.6 Å². The van der Waals surface area contributed by atoms with Crippen LogP contribution in [0, 0.1) is 25.2 Å². The summed E-state index contributed by atoms with van der Waals surface area (Å²) in [4.78, 5) is 17.0. The molecule has 27 heavy (non-hydrogen) atoms. The lowest BCUT2D eigenvalue weighted by molar-refractivity contribution is -0.112. The quantitative estimate of drug-likeness (QED) is 0.461. The lowest BCUT2D eigenvalue weighted by Gasteiger charge is -2.09. The Hall–Kier alpha value is -2.94.